The number of nitrogen functional groups attached to an aromatic ring is 1. The summed E-state index contributed by atoms with van der Waals surface area (Å²) in [5, 5.41) is 0.613. The number of aromatic nitrogens is 1. The predicted octanol–water partition coefficient (Wildman–Crippen LogP) is 0.423. The van der Waals surface area contributed by atoms with Gasteiger partial charge in [-0.25, -0.2) is 4.98 Å². The van der Waals surface area contributed by atoms with Crippen LogP contribution in [-0.2, 0) is 11.3 Å². The average molecular weight is 240 g/mol. The molecule has 88 valence electrons. The molecule has 1 aliphatic rings. The molecule has 4 N–H and O–H groups in total. The maximum atomic E-state index is 11.0. The molecule has 1 saturated heterocycles. The van der Waals surface area contributed by atoms with E-state index in [-0.39, 0.29) is 11.8 Å². The molecule has 0 atom stereocenters. The van der Waals surface area contributed by atoms with Gasteiger partial charge in [-0.1, -0.05) is 0 Å². The molecule has 2 rings (SSSR count). The van der Waals surface area contributed by atoms with Gasteiger partial charge >= 0.3 is 0 Å². The Morgan fingerprint density at radius 1 is 1.56 bits per heavy atom. The Bertz CT molecular complexity index is 371. The van der Waals surface area contributed by atoms with Crippen LogP contribution in [-0.4, -0.2) is 28.9 Å². The van der Waals surface area contributed by atoms with Gasteiger partial charge in [-0.3, -0.25) is 9.69 Å². The molecular weight excluding hydrogens is 224 g/mol. The van der Waals surface area contributed by atoms with E-state index in [0.717, 1.165) is 32.5 Å². The number of anilines is 1. The highest BCUT2D eigenvalue weighted by molar-refractivity contribution is 7.15. The minimum absolute atomic E-state index is 0.0581. The van der Waals surface area contributed by atoms with Gasteiger partial charge in [0.2, 0.25) is 5.91 Å². The summed E-state index contributed by atoms with van der Waals surface area (Å²) in [5.74, 6) is -0.107. The number of thiazole rings is 1. The second kappa shape index (κ2) is 4.80. The fourth-order valence-electron chi connectivity index (χ4n) is 1.99. The summed E-state index contributed by atoms with van der Waals surface area (Å²) in [7, 11) is 0. The van der Waals surface area contributed by atoms with Crippen molar-refractivity contribution in [2.24, 2.45) is 11.7 Å². The molecule has 1 amide bonds. The summed E-state index contributed by atoms with van der Waals surface area (Å²) in [5.41, 5.74) is 10.9. The van der Waals surface area contributed by atoms with Crippen LogP contribution >= 0.6 is 11.3 Å². The molecule has 1 fully saturated rings. The van der Waals surface area contributed by atoms with Crippen LogP contribution in [0.1, 0.15) is 17.7 Å². The third-order valence-corrected chi connectivity index (χ3v) is 3.75. The Balaban J connectivity index is 1.83. The normalized spacial score (nSPS) is 18.8. The molecule has 0 spiro atoms. The van der Waals surface area contributed by atoms with Gasteiger partial charge in [0.15, 0.2) is 5.13 Å². The van der Waals surface area contributed by atoms with Crippen molar-refractivity contribution >= 4 is 22.4 Å². The average Bonchev–Trinajstić information content (AvgIpc) is 2.65. The minimum Gasteiger partial charge on any atom is -0.375 e. The van der Waals surface area contributed by atoms with Crippen molar-refractivity contribution in [3.05, 3.63) is 11.1 Å². The van der Waals surface area contributed by atoms with E-state index < -0.39 is 0 Å². The van der Waals surface area contributed by atoms with Crippen LogP contribution in [0.5, 0.6) is 0 Å². The van der Waals surface area contributed by atoms with Crippen molar-refractivity contribution < 1.29 is 4.79 Å². The first-order valence-corrected chi connectivity index (χ1v) is 6.18. The van der Waals surface area contributed by atoms with E-state index in [1.807, 2.05) is 6.20 Å². The fourth-order valence-corrected chi connectivity index (χ4v) is 2.72. The third kappa shape index (κ3) is 2.70. The number of nitrogens with two attached hydrogens (primary N) is 2. The quantitative estimate of drug-likeness (QED) is 0.802. The second-order valence-electron chi connectivity index (χ2n) is 4.12. The van der Waals surface area contributed by atoms with Gasteiger partial charge in [0.25, 0.3) is 0 Å². The van der Waals surface area contributed by atoms with Gasteiger partial charge in [-0.2, -0.15) is 0 Å². The van der Waals surface area contributed by atoms with Crippen LogP contribution in [0.2, 0.25) is 0 Å². The van der Waals surface area contributed by atoms with E-state index in [0.29, 0.717) is 5.13 Å². The van der Waals surface area contributed by atoms with Gasteiger partial charge in [-0.15, -0.1) is 11.3 Å². The van der Waals surface area contributed by atoms with Crippen molar-refractivity contribution in [1.82, 2.24) is 9.88 Å². The fraction of sp³-hybridized carbons (Fsp3) is 0.600. The Kier molecular flexibility index (Phi) is 3.40. The molecule has 0 saturated carbocycles. The molecule has 16 heavy (non-hydrogen) atoms. The lowest BCUT2D eigenvalue weighted by Crippen LogP contribution is -2.37. The largest absolute Gasteiger partial charge is 0.375 e. The number of amides is 1. The predicted molar refractivity (Wildman–Crippen MR) is 63.7 cm³/mol. The lowest BCUT2D eigenvalue weighted by Gasteiger charge is -2.29. The van der Waals surface area contributed by atoms with Crippen LogP contribution < -0.4 is 11.5 Å². The Labute approximate surface area is 98.4 Å². The van der Waals surface area contributed by atoms with E-state index in [2.05, 4.69) is 9.88 Å². The molecule has 0 aromatic carbocycles. The van der Waals surface area contributed by atoms with E-state index in [1.54, 1.807) is 0 Å². The molecule has 5 nitrogen and oxygen atoms in total. The number of rotatable bonds is 3. The van der Waals surface area contributed by atoms with Gasteiger partial charge in [0, 0.05) is 23.5 Å². The highest BCUT2D eigenvalue weighted by Gasteiger charge is 2.23. The van der Waals surface area contributed by atoms with Crippen LogP contribution in [0.25, 0.3) is 0 Å². The summed E-state index contributed by atoms with van der Waals surface area (Å²) in [6, 6.07) is 0. The lowest BCUT2D eigenvalue weighted by molar-refractivity contribution is -0.123. The molecular formula is C10H16N4OS. The van der Waals surface area contributed by atoms with Crippen LogP contribution in [0.4, 0.5) is 5.13 Å². The Morgan fingerprint density at radius 2 is 2.25 bits per heavy atom. The molecule has 1 aliphatic heterocycles. The molecule has 0 aliphatic carbocycles. The number of primary amides is 1. The molecule has 1 aromatic heterocycles. The molecule has 0 bridgehead atoms. The monoisotopic (exact) mass is 240 g/mol. The van der Waals surface area contributed by atoms with Gasteiger partial charge in [0.1, 0.15) is 0 Å². The van der Waals surface area contributed by atoms with Crippen LogP contribution in [0.3, 0.4) is 0 Å². The first-order valence-electron chi connectivity index (χ1n) is 5.37. The summed E-state index contributed by atoms with van der Waals surface area (Å²) < 4.78 is 0. The van der Waals surface area contributed by atoms with E-state index in [4.69, 9.17) is 11.5 Å². The molecule has 0 radical (unpaired) electrons. The van der Waals surface area contributed by atoms with Crippen LogP contribution in [0, 0.1) is 5.92 Å². The van der Waals surface area contributed by atoms with Crippen molar-refractivity contribution in [3.63, 3.8) is 0 Å². The Hall–Kier alpha value is -1.14. The van der Waals surface area contributed by atoms with E-state index >= 15 is 0 Å². The van der Waals surface area contributed by atoms with Crippen LogP contribution in [0.15, 0.2) is 6.20 Å². The smallest absolute Gasteiger partial charge is 0.220 e. The second-order valence-corrected chi connectivity index (χ2v) is 5.26. The van der Waals surface area contributed by atoms with Crippen molar-refractivity contribution in [2.75, 3.05) is 18.8 Å². The third-order valence-electron chi connectivity index (χ3n) is 2.94. The number of carbonyl (C=O) groups excluding carboxylic acids is 1. The van der Waals surface area contributed by atoms with Gasteiger partial charge in [-0.05, 0) is 25.9 Å². The van der Waals surface area contributed by atoms with Gasteiger partial charge < -0.3 is 11.5 Å². The Morgan fingerprint density at radius 3 is 2.75 bits per heavy atom. The zero-order valence-electron chi connectivity index (χ0n) is 9.06. The summed E-state index contributed by atoms with van der Waals surface area (Å²) in [6.07, 6.45) is 3.55. The summed E-state index contributed by atoms with van der Waals surface area (Å²) in [4.78, 5) is 18.5. The minimum atomic E-state index is -0.165. The topological polar surface area (TPSA) is 85.2 Å². The highest BCUT2D eigenvalue weighted by Crippen LogP contribution is 2.21. The number of nitrogens with zero attached hydrogens (tertiary/aromatic N) is 2. The summed E-state index contributed by atoms with van der Waals surface area (Å²) >= 11 is 1.52. The number of hydrogen-bond donors (Lipinski definition) is 2. The number of piperidine rings is 1. The zero-order valence-corrected chi connectivity index (χ0v) is 9.87. The maximum absolute atomic E-state index is 11.0. The highest BCUT2D eigenvalue weighted by atomic mass is 32.1. The SMILES string of the molecule is NC(=O)C1CCN(Cc2cnc(N)s2)CC1. The van der Waals surface area contributed by atoms with Crippen molar-refractivity contribution in [2.45, 2.75) is 19.4 Å². The molecule has 6 heteroatoms. The first-order chi connectivity index (χ1) is 7.65. The standard InChI is InChI=1S/C10H16N4OS/c11-9(15)7-1-3-14(4-2-7)6-8-5-13-10(12)16-8/h5,7H,1-4,6H2,(H2,11,15)(H2,12,13). The molecule has 1 aromatic rings. The number of carbonyl (C=O) groups is 1. The maximum Gasteiger partial charge on any atom is 0.220 e. The van der Waals surface area contributed by atoms with E-state index in [1.165, 1.54) is 16.2 Å². The number of hydrogen-bond acceptors (Lipinski definition) is 5. The molecule has 2 heterocycles. The summed E-state index contributed by atoms with van der Waals surface area (Å²) in [6.45, 7) is 2.72. The lowest BCUT2D eigenvalue weighted by atomic mass is 9.96. The van der Waals surface area contributed by atoms with Gasteiger partial charge in [0.05, 0.1) is 0 Å². The number of likely N-dealkylation sites (tertiary alicyclic amines) is 1. The van der Waals surface area contributed by atoms with E-state index in [9.17, 15) is 4.79 Å². The zero-order chi connectivity index (χ0) is 11.5. The first kappa shape index (κ1) is 11.3. The van der Waals surface area contributed by atoms with Crippen molar-refractivity contribution in [1.29, 1.82) is 0 Å². The molecule has 0 unspecified atom stereocenters. The van der Waals surface area contributed by atoms with Crippen molar-refractivity contribution in [3.8, 4) is 0 Å².